The van der Waals surface area contributed by atoms with E-state index in [2.05, 4.69) is 37.4 Å². The summed E-state index contributed by atoms with van der Waals surface area (Å²) in [5.74, 6) is 1.67. The standard InChI is InChI=1S/C26H34N2O2/c1-4-18(2)27-16-20-7-8-22-14-24(15-23(22)13-20)28(3)26(29)21-9-11-25(12-10-21)30-17-19-5-6-19/h7-13,18-19,24,27H,4-6,14-17H2,1-3H3/t18?,24-/m1/s1. The lowest BCUT2D eigenvalue weighted by molar-refractivity contribution is 0.0737. The van der Waals surface area contributed by atoms with E-state index in [1.165, 1.54) is 29.5 Å². The molecule has 2 aliphatic carbocycles. The average molecular weight is 407 g/mol. The number of nitrogens with one attached hydrogen (secondary N) is 1. The molecular formula is C26H34N2O2. The Morgan fingerprint density at radius 2 is 1.87 bits per heavy atom. The van der Waals surface area contributed by atoms with Gasteiger partial charge in [-0.1, -0.05) is 25.1 Å². The molecule has 1 fully saturated rings. The number of nitrogens with zero attached hydrogens (tertiary/aromatic N) is 1. The highest BCUT2D eigenvalue weighted by molar-refractivity contribution is 5.94. The van der Waals surface area contributed by atoms with E-state index >= 15 is 0 Å². The van der Waals surface area contributed by atoms with Crippen LogP contribution in [0.1, 0.15) is 60.2 Å². The Hall–Kier alpha value is -2.33. The van der Waals surface area contributed by atoms with Crippen LogP contribution >= 0.6 is 0 Å². The van der Waals surface area contributed by atoms with Crippen molar-refractivity contribution >= 4 is 5.91 Å². The zero-order chi connectivity index (χ0) is 21.1. The summed E-state index contributed by atoms with van der Waals surface area (Å²) < 4.78 is 5.79. The van der Waals surface area contributed by atoms with Crippen LogP contribution in [0, 0.1) is 5.92 Å². The van der Waals surface area contributed by atoms with Gasteiger partial charge in [-0.05, 0) is 85.9 Å². The van der Waals surface area contributed by atoms with Crippen LogP contribution in [0.25, 0.3) is 0 Å². The van der Waals surface area contributed by atoms with Crippen LogP contribution in [0.5, 0.6) is 5.75 Å². The fourth-order valence-electron chi connectivity index (χ4n) is 4.03. The summed E-state index contributed by atoms with van der Waals surface area (Å²) in [6.45, 7) is 6.11. The molecule has 2 aromatic rings. The van der Waals surface area contributed by atoms with Crippen molar-refractivity contribution in [1.29, 1.82) is 0 Å². The van der Waals surface area contributed by atoms with E-state index in [-0.39, 0.29) is 11.9 Å². The molecule has 0 heterocycles. The van der Waals surface area contributed by atoms with Gasteiger partial charge in [0.2, 0.25) is 0 Å². The lowest BCUT2D eigenvalue weighted by Crippen LogP contribution is -2.37. The molecule has 1 unspecified atom stereocenters. The first-order valence-corrected chi connectivity index (χ1v) is 11.4. The van der Waals surface area contributed by atoms with Crippen LogP contribution in [0.15, 0.2) is 42.5 Å². The van der Waals surface area contributed by atoms with Crippen molar-refractivity contribution in [2.24, 2.45) is 5.92 Å². The van der Waals surface area contributed by atoms with Crippen molar-refractivity contribution in [3.05, 3.63) is 64.7 Å². The molecule has 1 amide bonds. The van der Waals surface area contributed by atoms with E-state index in [0.29, 0.717) is 6.04 Å². The summed E-state index contributed by atoms with van der Waals surface area (Å²) in [5, 5.41) is 3.56. The van der Waals surface area contributed by atoms with Crippen molar-refractivity contribution in [2.45, 2.75) is 64.6 Å². The molecule has 0 radical (unpaired) electrons. The Balaban J connectivity index is 1.34. The number of hydrogen-bond donors (Lipinski definition) is 1. The van der Waals surface area contributed by atoms with Crippen LogP contribution in [0.4, 0.5) is 0 Å². The average Bonchev–Trinajstić information content (AvgIpc) is 3.51. The van der Waals surface area contributed by atoms with Crippen LogP contribution in [0.2, 0.25) is 0 Å². The van der Waals surface area contributed by atoms with Crippen molar-refractivity contribution in [1.82, 2.24) is 10.2 Å². The lowest BCUT2D eigenvalue weighted by atomic mass is 10.1. The third-order valence-electron chi connectivity index (χ3n) is 6.60. The first-order chi connectivity index (χ1) is 14.5. The number of ether oxygens (including phenoxy) is 1. The quantitative estimate of drug-likeness (QED) is 0.662. The number of fused-ring (bicyclic) bond motifs is 1. The zero-order valence-corrected chi connectivity index (χ0v) is 18.5. The topological polar surface area (TPSA) is 41.6 Å². The van der Waals surface area contributed by atoms with Crippen LogP contribution in [0.3, 0.4) is 0 Å². The Kier molecular flexibility index (Phi) is 6.43. The van der Waals surface area contributed by atoms with Crippen molar-refractivity contribution in [3.63, 3.8) is 0 Å². The summed E-state index contributed by atoms with van der Waals surface area (Å²) in [5.41, 5.74) is 4.80. The second kappa shape index (κ2) is 9.22. The van der Waals surface area contributed by atoms with Gasteiger partial charge in [-0.2, -0.15) is 0 Å². The molecule has 4 rings (SSSR count). The first-order valence-electron chi connectivity index (χ1n) is 11.4. The van der Waals surface area contributed by atoms with Crippen molar-refractivity contribution in [2.75, 3.05) is 13.7 Å². The fraction of sp³-hybridized carbons (Fsp3) is 0.500. The normalized spacial score (nSPS) is 18.7. The molecule has 0 saturated heterocycles. The number of carbonyl (C=O) groups excluding carboxylic acids is 1. The summed E-state index contributed by atoms with van der Waals surface area (Å²) in [6, 6.07) is 15.1. The summed E-state index contributed by atoms with van der Waals surface area (Å²) in [7, 11) is 1.93. The van der Waals surface area contributed by atoms with E-state index in [0.717, 1.165) is 49.6 Å². The van der Waals surface area contributed by atoms with Gasteiger partial charge in [-0.3, -0.25) is 4.79 Å². The molecule has 0 spiro atoms. The molecule has 1 saturated carbocycles. The summed E-state index contributed by atoms with van der Waals surface area (Å²) in [4.78, 5) is 14.9. The molecule has 30 heavy (non-hydrogen) atoms. The minimum Gasteiger partial charge on any atom is -0.493 e. The Morgan fingerprint density at radius 1 is 1.13 bits per heavy atom. The minimum atomic E-state index is 0.0835. The number of carbonyl (C=O) groups is 1. The largest absolute Gasteiger partial charge is 0.493 e. The first kappa shape index (κ1) is 20.9. The fourth-order valence-corrected chi connectivity index (χ4v) is 4.03. The highest BCUT2D eigenvalue weighted by Gasteiger charge is 2.28. The van der Waals surface area contributed by atoms with Crippen LogP contribution in [-0.2, 0) is 19.4 Å². The Labute approximate surface area is 180 Å². The van der Waals surface area contributed by atoms with Gasteiger partial charge in [-0.15, -0.1) is 0 Å². The third kappa shape index (κ3) is 5.04. The lowest BCUT2D eigenvalue weighted by Gasteiger charge is -2.24. The van der Waals surface area contributed by atoms with E-state index in [1.807, 2.05) is 36.2 Å². The monoisotopic (exact) mass is 406 g/mol. The zero-order valence-electron chi connectivity index (χ0n) is 18.5. The van der Waals surface area contributed by atoms with Gasteiger partial charge in [0.05, 0.1) is 6.61 Å². The predicted octanol–water partition coefficient (Wildman–Crippen LogP) is 4.60. The van der Waals surface area contributed by atoms with E-state index < -0.39 is 0 Å². The molecule has 4 nitrogen and oxygen atoms in total. The molecular weight excluding hydrogens is 372 g/mol. The van der Waals surface area contributed by atoms with Crippen molar-refractivity contribution < 1.29 is 9.53 Å². The Morgan fingerprint density at radius 3 is 2.57 bits per heavy atom. The second-order valence-electron chi connectivity index (χ2n) is 9.05. The van der Waals surface area contributed by atoms with E-state index in [4.69, 9.17) is 4.74 Å². The third-order valence-corrected chi connectivity index (χ3v) is 6.60. The molecule has 160 valence electrons. The van der Waals surface area contributed by atoms with E-state index in [1.54, 1.807) is 0 Å². The number of rotatable bonds is 9. The van der Waals surface area contributed by atoms with Gasteiger partial charge in [0.1, 0.15) is 5.75 Å². The highest BCUT2D eigenvalue weighted by atomic mass is 16.5. The number of likely N-dealkylation sites (N-methyl/N-ethyl adjacent to an activating group) is 1. The molecule has 2 atom stereocenters. The SMILES string of the molecule is CCC(C)NCc1ccc2c(c1)C[C@H](N(C)C(=O)c1ccc(OCC3CC3)cc1)C2. The highest BCUT2D eigenvalue weighted by Crippen LogP contribution is 2.30. The van der Waals surface area contributed by atoms with Gasteiger partial charge in [0, 0.05) is 31.2 Å². The van der Waals surface area contributed by atoms with Crippen LogP contribution < -0.4 is 10.1 Å². The molecule has 4 heteroatoms. The molecule has 0 aliphatic heterocycles. The number of amides is 1. The van der Waals surface area contributed by atoms with Gasteiger partial charge in [0.15, 0.2) is 0 Å². The maximum absolute atomic E-state index is 13.0. The van der Waals surface area contributed by atoms with Gasteiger partial charge >= 0.3 is 0 Å². The predicted molar refractivity (Wildman–Crippen MR) is 121 cm³/mol. The van der Waals surface area contributed by atoms with Gasteiger partial charge in [-0.25, -0.2) is 0 Å². The van der Waals surface area contributed by atoms with Gasteiger partial charge < -0.3 is 15.0 Å². The summed E-state index contributed by atoms with van der Waals surface area (Å²) in [6.07, 6.45) is 5.55. The Bertz CT molecular complexity index is 873. The number of hydrogen-bond acceptors (Lipinski definition) is 3. The maximum atomic E-state index is 13.0. The van der Waals surface area contributed by atoms with Crippen molar-refractivity contribution in [3.8, 4) is 5.75 Å². The number of benzene rings is 2. The second-order valence-corrected chi connectivity index (χ2v) is 9.05. The molecule has 0 bridgehead atoms. The molecule has 0 aromatic heterocycles. The molecule has 2 aliphatic rings. The molecule has 2 aromatic carbocycles. The minimum absolute atomic E-state index is 0.0835. The van der Waals surface area contributed by atoms with Crippen LogP contribution in [-0.4, -0.2) is 36.5 Å². The van der Waals surface area contributed by atoms with Gasteiger partial charge in [0.25, 0.3) is 5.91 Å². The molecule has 1 N–H and O–H groups in total. The smallest absolute Gasteiger partial charge is 0.253 e. The van der Waals surface area contributed by atoms with E-state index in [9.17, 15) is 4.79 Å². The summed E-state index contributed by atoms with van der Waals surface area (Å²) >= 11 is 0. The maximum Gasteiger partial charge on any atom is 0.253 e.